The molecular weight excluding hydrogens is 2040 g/mol. The fraction of sp³-hybridized carbons (Fsp3) is 0.250. The molecule has 17 aromatic carbocycles. The Bertz CT molecular complexity index is 5910. The second-order valence-electron chi connectivity index (χ2n) is 34.2. The molecule has 0 aromatic heterocycles. The van der Waals surface area contributed by atoms with Crippen LogP contribution in [0.15, 0.2) is 362 Å². The summed E-state index contributed by atoms with van der Waals surface area (Å²) in [6.07, 6.45) is 31.6. The van der Waals surface area contributed by atoms with Gasteiger partial charge in [0.15, 0.2) is 0 Å². The standard InChI is InChI=1S/C50H50Br2N2.C38H44N2.C14H8Br2.C12H19N.C6H4BrI/c1-3-5-7-9-17-37-27-31-41(32-28-37)53(43-21-15-19-39(51)35-43)49-45-23-11-13-25-47(45)50(48-26-14-12-24-46(48)49)54(44-22-16-20-40(52)36-44)42-33-29-38(30-34-42)18-10-8-6-4-2;1-3-5-7-9-15-29-21-25-31(26-22-29)39-37-33-17-11-13-19-35(33)38(36-20-14-12-18-34(36)37)40-32-27-23-30(24-28-32)16-10-8-6-4-2;15-13-9-5-1-2-6-10(9)14(16)12-8-4-3-7-11(12)13;1-2-3-4-5-6-11-7-9-12(13)10-8-11;7-5-2-1-3-6(8)4-5/h11-16,19-36H,3-10,17-18H2,1-2H3;11-14,17-28,39-40H,3-10,15-16H2,1-2H3;1-8H;7-10H,2-6,13H2,1H3;1-4H. The predicted molar refractivity (Wildman–Crippen MR) is 601 cm³/mol. The van der Waals surface area contributed by atoms with Gasteiger partial charge in [0.2, 0.25) is 0 Å². The second-order valence-corrected chi connectivity index (χ2v) is 39.8. The Balaban J connectivity index is 0.000000163. The van der Waals surface area contributed by atoms with E-state index in [1.807, 2.05) is 24.3 Å². The third kappa shape index (κ3) is 27.8. The molecule has 0 saturated heterocycles. The number of unbranched alkanes of at least 4 members (excludes halogenated alkanes) is 15. The van der Waals surface area contributed by atoms with E-state index in [0.29, 0.717) is 0 Å². The second kappa shape index (κ2) is 52.2. The molecule has 0 fully saturated rings. The first-order valence-corrected chi connectivity index (χ1v) is 52.6. The number of benzene rings is 17. The third-order valence-electron chi connectivity index (χ3n) is 24.4. The lowest BCUT2D eigenvalue weighted by Gasteiger charge is -2.33. The summed E-state index contributed by atoms with van der Waals surface area (Å²) in [5, 5.41) is 22.2. The van der Waals surface area contributed by atoms with Crippen LogP contribution in [0, 0.1) is 3.57 Å². The van der Waals surface area contributed by atoms with E-state index < -0.39 is 0 Å². The maximum Gasteiger partial charge on any atom is 0.0619 e. The minimum Gasteiger partial charge on any atom is -0.399 e. The van der Waals surface area contributed by atoms with Crippen molar-refractivity contribution in [2.75, 3.05) is 26.2 Å². The van der Waals surface area contributed by atoms with Crippen molar-refractivity contribution in [2.45, 2.75) is 195 Å². The molecule has 17 aromatic rings. The zero-order valence-corrected chi connectivity index (χ0v) is 86.8. The zero-order valence-electron chi connectivity index (χ0n) is 76.7. The molecule has 11 heteroatoms. The molecule has 5 nitrogen and oxygen atoms in total. The molecule has 0 amide bonds. The summed E-state index contributed by atoms with van der Waals surface area (Å²) in [6, 6.07) is 123. The first kappa shape index (κ1) is 98.9. The summed E-state index contributed by atoms with van der Waals surface area (Å²) < 4.78 is 6.85. The van der Waals surface area contributed by atoms with Crippen LogP contribution in [0.5, 0.6) is 0 Å². The predicted octanol–water partition coefficient (Wildman–Crippen LogP) is 40.4. The quantitative estimate of drug-likeness (QED) is 0.0122. The van der Waals surface area contributed by atoms with E-state index in [9.17, 15) is 0 Å². The molecule has 131 heavy (non-hydrogen) atoms. The van der Waals surface area contributed by atoms with E-state index in [-0.39, 0.29) is 0 Å². The van der Waals surface area contributed by atoms with Crippen molar-refractivity contribution in [1.82, 2.24) is 0 Å². The number of nitrogens with one attached hydrogen (secondary N) is 2. The molecule has 0 unspecified atom stereocenters. The van der Waals surface area contributed by atoms with E-state index in [4.69, 9.17) is 5.73 Å². The average molecular weight is 2160 g/mol. The smallest absolute Gasteiger partial charge is 0.0619 e. The summed E-state index contributed by atoms with van der Waals surface area (Å²) >= 11 is 20.6. The van der Waals surface area contributed by atoms with Crippen LogP contribution in [-0.2, 0) is 32.1 Å². The number of hydrogen-bond acceptors (Lipinski definition) is 5. The van der Waals surface area contributed by atoms with Gasteiger partial charge >= 0.3 is 0 Å². The van der Waals surface area contributed by atoms with Crippen LogP contribution in [0.25, 0.3) is 64.6 Å². The maximum absolute atomic E-state index is 5.60. The highest BCUT2D eigenvalue weighted by Gasteiger charge is 2.27. The van der Waals surface area contributed by atoms with Crippen molar-refractivity contribution in [2.24, 2.45) is 0 Å². The van der Waals surface area contributed by atoms with Gasteiger partial charge < -0.3 is 26.2 Å². The van der Waals surface area contributed by atoms with Gasteiger partial charge in [-0.05, 0) is 283 Å². The Morgan fingerprint density at radius 3 is 0.733 bits per heavy atom. The number of anilines is 11. The Kier molecular flexibility index (Phi) is 39.4. The minimum absolute atomic E-state index is 0.859. The van der Waals surface area contributed by atoms with Gasteiger partial charge in [-0.2, -0.15) is 0 Å². The molecule has 0 radical (unpaired) electrons. The van der Waals surface area contributed by atoms with Gasteiger partial charge in [-0.15, -0.1) is 0 Å². The fourth-order valence-corrected chi connectivity index (χ4v) is 20.9. The van der Waals surface area contributed by atoms with E-state index >= 15 is 0 Å². The van der Waals surface area contributed by atoms with Crippen molar-refractivity contribution < 1.29 is 0 Å². The topological polar surface area (TPSA) is 56.6 Å². The Labute approximate surface area is 836 Å². The van der Waals surface area contributed by atoms with Crippen LogP contribution < -0.4 is 26.2 Å². The van der Waals surface area contributed by atoms with Gasteiger partial charge in [-0.1, -0.05) is 403 Å². The first-order chi connectivity index (χ1) is 64.2. The number of nitrogens with zero attached hydrogens (tertiary/aromatic N) is 2. The largest absolute Gasteiger partial charge is 0.399 e. The fourth-order valence-electron chi connectivity index (χ4n) is 17.4. The van der Waals surface area contributed by atoms with Gasteiger partial charge in [0.05, 0.1) is 22.7 Å². The van der Waals surface area contributed by atoms with E-state index in [1.54, 1.807) is 0 Å². The van der Waals surface area contributed by atoms with Crippen molar-refractivity contribution in [3.05, 3.63) is 393 Å². The van der Waals surface area contributed by atoms with Crippen LogP contribution >= 0.6 is 102 Å². The number of nitrogens with two attached hydrogens (primary N) is 1. The van der Waals surface area contributed by atoms with Gasteiger partial charge in [-0.25, -0.2) is 0 Å². The number of halogens is 6. The maximum atomic E-state index is 5.60. The highest BCUT2D eigenvalue weighted by molar-refractivity contribution is 14.1. The lowest BCUT2D eigenvalue weighted by atomic mass is 9.95. The van der Waals surface area contributed by atoms with Crippen LogP contribution in [-0.4, -0.2) is 0 Å². The number of aryl methyl sites for hydroxylation is 5. The average Bonchev–Trinajstić information content (AvgIpc) is 0.716. The van der Waals surface area contributed by atoms with Crippen molar-refractivity contribution >= 4 is 229 Å². The molecule has 0 bridgehead atoms. The van der Waals surface area contributed by atoms with Crippen LogP contribution in [0.4, 0.5) is 62.6 Å². The highest BCUT2D eigenvalue weighted by Crippen LogP contribution is 2.52. The molecule has 17 rings (SSSR count). The number of nitrogen functional groups attached to an aromatic ring is 1. The summed E-state index contributed by atoms with van der Waals surface area (Å²) in [5.74, 6) is 0. The summed E-state index contributed by atoms with van der Waals surface area (Å²) in [7, 11) is 0. The zero-order chi connectivity index (χ0) is 91.5. The molecule has 0 aliphatic rings. The first-order valence-electron chi connectivity index (χ1n) is 47.6. The van der Waals surface area contributed by atoms with Crippen molar-refractivity contribution in [1.29, 1.82) is 0 Å². The number of rotatable bonds is 35. The Morgan fingerprint density at radius 1 is 0.237 bits per heavy atom. The molecule has 0 saturated carbocycles. The van der Waals surface area contributed by atoms with E-state index in [1.165, 1.54) is 251 Å². The molecule has 0 aliphatic carbocycles. The molecule has 0 heterocycles. The number of hydrogen-bond donors (Lipinski definition) is 3. The molecule has 672 valence electrons. The Morgan fingerprint density at radius 2 is 0.481 bits per heavy atom. The summed E-state index contributed by atoms with van der Waals surface area (Å²) in [6.45, 7) is 11.3. The van der Waals surface area contributed by atoms with E-state index in [0.717, 1.165) is 90.3 Å². The van der Waals surface area contributed by atoms with Crippen LogP contribution in [0.1, 0.15) is 191 Å². The lowest BCUT2D eigenvalue weighted by molar-refractivity contribution is 0.667. The van der Waals surface area contributed by atoms with Gasteiger partial charge in [0.1, 0.15) is 0 Å². The van der Waals surface area contributed by atoms with Crippen molar-refractivity contribution in [3.8, 4) is 0 Å². The van der Waals surface area contributed by atoms with Gasteiger partial charge in [-0.3, -0.25) is 0 Å². The van der Waals surface area contributed by atoms with E-state index in [2.05, 4.69) is 473 Å². The summed E-state index contributed by atoms with van der Waals surface area (Å²) in [4.78, 5) is 4.91. The molecule has 0 aliphatic heterocycles. The van der Waals surface area contributed by atoms with Crippen molar-refractivity contribution in [3.63, 3.8) is 0 Å². The normalized spacial score (nSPS) is 11.0. The van der Waals surface area contributed by atoms with Crippen LogP contribution in [0.3, 0.4) is 0 Å². The molecular formula is C120H125Br5IN5. The molecule has 0 spiro atoms. The van der Waals surface area contributed by atoms with Crippen LogP contribution in [0.2, 0.25) is 0 Å². The lowest BCUT2D eigenvalue weighted by Crippen LogP contribution is -2.14. The molecule has 0 atom stereocenters. The van der Waals surface area contributed by atoms with Gasteiger partial charge in [0.25, 0.3) is 0 Å². The highest BCUT2D eigenvalue weighted by atomic mass is 127. The number of fused-ring (bicyclic) bond motifs is 6. The minimum atomic E-state index is 0.859. The third-order valence-corrected chi connectivity index (χ3v) is 28.2. The SMILES string of the molecule is Brc1c2ccccc2c(Br)c2ccccc12.Brc1cccc(I)c1.CCCCCCc1ccc(N(c2cccc(Br)c2)c2c3ccccc3c(N(c3ccc(CCCCCC)cc3)c3cccc(Br)c3)c3ccccc23)cc1.CCCCCCc1ccc(N)cc1.CCCCCCc1ccc(Nc2c3ccccc3c(Nc3ccc(CCCCCC)cc3)c3ccccc23)cc1. The van der Waals surface area contributed by atoms with Gasteiger partial charge in [0, 0.05) is 109 Å². The molecule has 4 N–H and O–H groups in total. The Hall–Kier alpha value is -9.57. The monoisotopic (exact) mass is 2160 g/mol. The summed E-state index contributed by atoms with van der Waals surface area (Å²) in [5.41, 5.74) is 24.9.